The van der Waals surface area contributed by atoms with Gasteiger partial charge in [0.2, 0.25) is 0 Å². The summed E-state index contributed by atoms with van der Waals surface area (Å²) in [6, 6.07) is 0. The highest BCUT2D eigenvalue weighted by atomic mass is 35.5. The van der Waals surface area contributed by atoms with E-state index < -0.39 is 0 Å². The van der Waals surface area contributed by atoms with Crippen LogP contribution in [0.15, 0.2) is 18.6 Å². The second-order valence-corrected chi connectivity index (χ2v) is 4.58. The van der Waals surface area contributed by atoms with Crippen LogP contribution in [0.2, 0.25) is 5.15 Å². The van der Waals surface area contributed by atoms with Gasteiger partial charge in [-0.15, -0.1) is 0 Å². The summed E-state index contributed by atoms with van der Waals surface area (Å²) in [6.07, 6.45) is 5.39. The molecule has 2 rings (SSSR count). The number of nitrogens with one attached hydrogen (secondary N) is 1. The molecule has 0 aliphatic heterocycles. The van der Waals surface area contributed by atoms with Crippen LogP contribution in [-0.2, 0) is 24.9 Å². The Hall–Kier alpha value is -1.37. The first-order valence-corrected chi connectivity index (χ1v) is 6.46. The molecule has 104 valence electrons. The Morgan fingerprint density at radius 2 is 2.21 bits per heavy atom. The van der Waals surface area contributed by atoms with Crippen LogP contribution in [0.4, 0.5) is 0 Å². The quantitative estimate of drug-likeness (QED) is 0.772. The van der Waals surface area contributed by atoms with Crippen molar-refractivity contribution in [2.24, 2.45) is 7.05 Å². The third-order valence-corrected chi connectivity index (χ3v) is 3.26. The van der Waals surface area contributed by atoms with Gasteiger partial charge in [0.1, 0.15) is 16.8 Å². The lowest BCUT2D eigenvalue weighted by atomic mass is 10.5. The average molecular weight is 284 g/mol. The molecule has 1 N–H and O–H groups in total. The summed E-state index contributed by atoms with van der Waals surface area (Å²) in [5.41, 5.74) is 0. The third kappa shape index (κ3) is 3.56. The number of aromatic nitrogens is 4. The highest BCUT2D eigenvalue weighted by molar-refractivity contribution is 6.29. The van der Waals surface area contributed by atoms with Gasteiger partial charge in [-0.2, -0.15) is 0 Å². The first kappa shape index (κ1) is 14.0. The van der Waals surface area contributed by atoms with E-state index >= 15 is 0 Å². The Balaban J connectivity index is 1.97. The van der Waals surface area contributed by atoms with Crippen molar-refractivity contribution >= 4 is 11.6 Å². The lowest BCUT2D eigenvalue weighted by molar-refractivity contribution is 0.199. The number of rotatable bonds is 7. The Bertz CT molecular complexity index is 522. The van der Waals surface area contributed by atoms with E-state index in [9.17, 15) is 0 Å². The van der Waals surface area contributed by atoms with E-state index in [1.807, 2.05) is 17.8 Å². The summed E-state index contributed by atoms with van der Waals surface area (Å²) in [6.45, 7) is 2.85. The van der Waals surface area contributed by atoms with Gasteiger partial charge in [-0.05, 0) is 0 Å². The molecule has 2 aromatic heterocycles. The maximum Gasteiger partial charge on any atom is 0.129 e. The molecule has 0 unspecified atom stereocenters. The number of ether oxygens (including phenoxy) is 1. The van der Waals surface area contributed by atoms with Gasteiger partial charge in [0, 0.05) is 33.1 Å². The van der Waals surface area contributed by atoms with Crippen LogP contribution in [-0.4, -0.2) is 39.4 Å². The number of hydrogen-bond acceptors (Lipinski definition) is 4. The van der Waals surface area contributed by atoms with Crippen LogP contribution in [0, 0.1) is 0 Å². The molecule has 0 radical (unpaired) electrons. The summed E-state index contributed by atoms with van der Waals surface area (Å²) in [7, 11) is 3.59. The minimum absolute atomic E-state index is 0.634. The van der Waals surface area contributed by atoms with E-state index in [1.54, 1.807) is 19.5 Å². The van der Waals surface area contributed by atoms with E-state index in [0.717, 1.165) is 18.2 Å². The average Bonchev–Trinajstić information content (AvgIpc) is 2.97. The van der Waals surface area contributed by atoms with Gasteiger partial charge in [-0.25, -0.2) is 9.97 Å². The zero-order valence-corrected chi connectivity index (χ0v) is 11.9. The van der Waals surface area contributed by atoms with Crippen LogP contribution < -0.4 is 5.32 Å². The molecule has 19 heavy (non-hydrogen) atoms. The van der Waals surface area contributed by atoms with Gasteiger partial charge < -0.3 is 19.2 Å². The van der Waals surface area contributed by atoms with Crippen molar-refractivity contribution in [1.29, 1.82) is 0 Å². The number of halogens is 1. The van der Waals surface area contributed by atoms with Crippen molar-refractivity contribution in [2.45, 2.75) is 13.1 Å². The lowest BCUT2D eigenvalue weighted by Crippen LogP contribution is -2.21. The Morgan fingerprint density at radius 3 is 2.89 bits per heavy atom. The Labute approximate surface area is 117 Å². The van der Waals surface area contributed by atoms with E-state index in [2.05, 4.69) is 19.9 Å². The number of hydrogen-bond donors (Lipinski definition) is 1. The molecular weight excluding hydrogens is 266 g/mol. The predicted octanol–water partition coefficient (Wildman–Crippen LogP) is 1.05. The number of imidazole rings is 2. The molecule has 0 aliphatic rings. The van der Waals surface area contributed by atoms with E-state index in [4.69, 9.17) is 16.3 Å². The third-order valence-electron chi connectivity index (χ3n) is 2.91. The number of nitrogens with zero attached hydrogens (tertiary/aromatic N) is 4. The van der Waals surface area contributed by atoms with Gasteiger partial charge in [0.25, 0.3) is 0 Å². The fourth-order valence-corrected chi connectivity index (χ4v) is 1.90. The van der Waals surface area contributed by atoms with Crippen molar-refractivity contribution in [1.82, 2.24) is 24.4 Å². The van der Waals surface area contributed by atoms with Crippen molar-refractivity contribution in [3.8, 4) is 0 Å². The molecule has 6 nitrogen and oxygen atoms in total. The molecule has 0 aliphatic carbocycles. The molecule has 0 spiro atoms. The SMILES string of the molecule is COCCNCc1nccn1Cc1ncc(Cl)n1C. The molecule has 0 atom stereocenters. The molecule has 7 heteroatoms. The first-order chi connectivity index (χ1) is 9.22. The van der Waals surface area contributed by atoms with Gasteiger partial charge in [0.05, 0.1) is 25.9 Å². The van der Waals surface area contributed by atoms with E-state index in [-0.39, 0.29) is 0 Å². The van der Waals surface area contributed by atoms with Crippen molar-refractivity contribution in [3.63, 3.8) is 0 Å². The van der Waals surface area contributed by atoms with Crippen molar-refractivity contribution < 1.29 is 4.74 Å². The van der Waals surface area contributed by atoms with Gasteiger partial charge in [-0.1, -0.05) is 11.6 Å². The van der Waals surface area contributed by atoms with Gasteiger partial charge in [0.15, 0.2) is 0 Å². The summed E-state index contributed by atoms with van der Waals surface area (Å²) in [5, 5.41) is 3.91. The Kier molecular flexibility index (Phi) is 4.95. The van der Waals surface area contributed by atoms with Gasteiger partial charge in [-0.3, -0.25) is 0 Å². The van der Waals surface area contributed by atoms with Crippen molar-refractivity contribution in [2.75, 3.05) is 20.3 Å². The van der Waals surface area contributed by atoms with Gasteiger partial charge >= 0.3 is 0 Å². The first-order valence-electron chi connectivity index (χ1n) is 6.08. The molecule has 2 aromatic rings. The topological polar surface area (TPSA) is 56.9 Å². The molecule has 2 heterocycles. The summed E-state index contributed by atoms with van der Waals surface area (Å²) in [4.78, 5) is 8.62. The largest absolute Gasteiger partial charge is 0.383 e. The fraction of sp³-hybridized carbons (Fsp3) is 0.500. The normalized spacial score (nSPS) is 11.1. The van der Waals surface area contributed by atoms with E-state index in [1.165, 1.54) is 0 Å². The number of methoxy groups -OCH3 is 1. The molecule has 0 bridgehead atoms. The van der Waals surface area contributed by atoms with Crippen LogP contribution in [0.1, 0.15) is 11.6 Å². The lowest BCUT2D eigenvalue weighted by Gasteiger charge is -2.09. The van der Waals surface area contributed by atoms with Crippen molar-refractivity contribution in [3.05, 3.63) is 35.4 Å². The van der Waals surface area contributed by atoms with Crippen LogP contribution in [0.5, 0.6) is 0 Å². The van der Waals surface area contributed by atoms with Crippen LogP contribution >= 0.6 is 11.6 Å². The van der Waals surface area contributed by atoms with Crippen LogP contribution in [0.25, 0.3) is 0 Å². The maximum atomic E-state index is 5.98. The molecule has 0 aromatic carbocycles. The zero-order valence-electron chi connectivity index (χ0n) is 11.1. The summed E-state index contributed by atoms with van der Waals surface area (Å²) in [5.74, 6) is 1.87. The molecule has 0 saturated carbocycles. The molecule has 0 amide bonds. The molecule has 0 fully saturated rings. The standard InChI is InChI=1S/C12H18ClN5O/c1-17-10(13)7-16-12(17)9-18-5-3-15-11(18)8-14-4-6-19-2/h3,5,7,14H,4,6,8-9H2,1-2H3. The van der Waals surface area contributed by atoms with E-state index in [0.29, 0.717) is 24.8 Å². The minimum Gasteiger partial charge on any atom is -0.383 e. The predicted molar refractivity (Wildman–Crippen MR) is 73.1 cm³/mol. The fourth-order valence-electron chi connectivity index (χ4n) is 1.75. The minimum atomic E-state index is 0.634. The second kappa shape index (κ2) is 6.70. The molecule has 0 saturated heterocycles. The second-order valence-electron chi connectivity index (χ2n) is 4.20. The summed E-state index contributed by atoms with van der Waals surface area (Å²) < 4.78 is 8.91. The Morgan fingerprint density at radius 1 is 1.37 bits per heavy atom. The highest BCUT2D eigenvalue weighted by Gasteiger charge is 2.08. The highest BCUT2D eigenvalue weighted by Crippen LogP contribution is 2.11. The molecular formula is C12H18ClN5O. The summed E-state index contributed by atoms with van der Waals surface area (Å²) >= 11 is 5.98. The maximum absolute atomic E-state index is 5.98. The monoisotopic (exact) mass is 283 g/mol. The van der Waals surface area contributed by atoms with Crippen LogP contribution in [0.3, 0.4) is 0 Å². The smallest absolute Gasteiger partial charge is 0.129 e. The zero-order chi connectivity index (χ0) is 13.7.